The molecule has 0 amide bonds. The lowest BCUT2D eigenvalue weighted by atomic mass is 10.2. The number of nitrogens with one attached hydrogen (secondary N) is 2. The second-order valence-corrected chi connectivity index (χ2v) is 8.07. The molecule has 0 unspecified atom stereocenters. The Balaban J connectivity index is 2.26. The summed E-state index contributed by atoms with van der Waals surface area (Å²) >= 11 is 4.59. The third-order valence-electron chi connectivity index (χ3n) is 2.64. The highest BCUT2D eigenvalue weighted by molar-refractivity contribution is 9.10. The molecule has 20 heavy (non-hydrogen) atoms. The molecule has 7 heteroatoms. The first kappa shape index (κ1) is 15.5. The van der Waals surface area contributed by atoms with E-state index in [0.717, 1.165) is 15.6 Å². The number of thiophene rings is 1. The molecule has 0 saturated heterocycles. The molecule has 0 fully saturated rings. The minimum atomic E-state index is -3.54. The molecule has 0 atom stereocenters. The second-order valence-electron chi connectivity index (χ2n) is 4.39. The van der Waals surface area contributed by atoms with E-state index in [-0.39, 0.29) is 0 Å². The molecular formula is C13H15BrN2O2S2. The highest BCUT2D eigenvalue weighted by Crippen LogP contribution is 2.28. The maximum atomic E-state index is 12.3. The van der Waals surface area contributed by atoms with Crippen molar-refractivity contribution >= 4 is 43.0 Å². The second kappa shape index (κ2) is 6.26. The Morgan fingerprint density at radius 1 is 1.30 bits per heavy atom. The topological polar surface area (TPSA) is 58.2 Å². The number of anilines is 1. The molecule has 1 aromatic heterocycles. The first-order chi connectivity index (χ1) is 9.42. The van der Waals surface area contributed by atoms with E-state index in [1.165, 1.54) is 11.3 Å². The zero-order valence-corrected chi connectivity index (χ0v) is 14.3. The first-order valence-electron chi connectivity index (χ1n) is 5.93. The molecule has 1 heterocycles. The molecule has 108 valence electrons. The predicted octanol–water partition coefficient (Wildman–Crippen LogP) is 3.34. The monoisotopic (exact) mass is 374 g/mol. The lowest BCUT2D eigenvalue weighted by molar-refractivity contribution is 0.603. The number of rotatable bonds is 5. The van der Waals surface area contributed by atoms with Gasteiger partial charge < -0.3 is 5.32 Å². The number of benzene rings is 1. The van der Waals surface area contributed by atoms with Crippen LogP contribution < -0.4 is 10.0 Å². The standard InChI is InChI=1S/C13H15BrN2O2S2/c1-9-3-4-12(11(14)5-9)16-20(17,18)13-6-10(7-15-2)8-19-13/h3-6,8,15-16H,7H2,1-2H3. The zero-order chi connectivity index (χ0) is 14.8. The van der Waals surface area contributed by atoms with Crippen molar-refractivity contribution < 1.29 is 8.42 Å². The van der Waals surface area contributed by atoms with Crippen LogP contribution >= 0.6 is 27.3 Å². The summed E-state index contributed by atoms with van der Waals surface area (Å²) in [6, 6.07) is 7.17. The van der Waals surface area contributed by atoms with Gasteiger partial charge in [0.05, 0.1) is 5.69 Å². The molecule has 4 nitrogen and oxygen atoms in total. The van der Waals surface area contributed by atoms with Gasteiger partial charge in [-0.25, -0.2) is 8.42 Å². The van der Waals surface area contributed by atoms with Gasteiger partial charge in [-0.1, -0.05) is 6.07 Å². The smallest absolute Gasteiger partial charge is 0.271 e. The number of aryl methyl sites for hydroxylation is 1. The van der Waals surface area contributed by atoms with E-state index >= 15 is 0 Å². The Kier molecular flexibility index (Phi) is 4.85. The van der Waals surface area contributed by atoms with Crippen molar-refractivity contribution in [3.8, 4) is 0 Å². The molecule has 0 aliphatic rings. The molecule has 2 rings (SSSR count). The summed E-state index contributed by atoms with van der Waals surface area (Å²) in [4.78, 5) is 0. The summed E-state index contributed by atoms with van der Waals surface area (Å²) in [5.41, 5.74) is 2.56. The summed E-state index contributed by atoms with van der Waals surface area (Å²) in [6.45, 7) is 2.60. The SMILES string of the molecule is CNCc1csc(S(=O)(=O)Nc2ccc(C)cc2Br)c1. The Hall–Kier alpha value is -0.890. The van der Waals surface area contributed by atoms with E-state index in [9.17, 15) is 8.42 Å². The molecule has 0 aliphatic heterocycles. The molecule has 2 N–H and O–H groups in total. The molecule has 0 saturated carbocycles. The normalized spacial score (nSPS) is 11.6. The van der Waals surface area contributed by atoms with Crippen LogP contribution in [0.25, 0.3) is 0 Å². The van der Waals surface area contributed by atoms with Crippen molar-refractivity contribution in [2.75, 3.05) is 11.8 Å². The van der Waals surface area contributed by atoms with Crippen LogP contribution in [0.15, 0.2) is 38.3 Å². The van der Waals surface area contributed by atoms with Crippen LogP contribution in [0.2, 0.25) is 0 Å². The predicted molar refractivity (Wildman–Crippen MR) is 86.8 cm³/mol. The molecule has 0 bridgehead atoms. The maximum absolute atomic E-state index is 12.3. The number of hydrogen-bond acceptors (Lipinski definition) is 4. The van der Waals surface area contributed by atoms with Crippen LogP contribution in [0.5, 0.6) is 0 Å². The van der Waals surface area contributed by atoms with Gasteiger partial charge in [0.25, 0.3) is 10.0 Å². The average Bonchev–Trinajstić information content (AvgIpc) is 2.83. The molecule has 1 aromatic carbocycles. The fourth-order valence-corrected chi connectivity index (χ4v) is 4.70. The fourth-order valence-electron chi connectivity index (χ4n) is 1.69. The lowest BCUT2D eigenvalue weighted by Gasteiger charge is -2.08. The molecule has 0 aliphatic carbocycles. The Morgan fingerprint density at radius 3 is 2.70 bits per heavy atom. The van der Waals surface area contributed by atoms with Gasteiger partial charge in [-0.2, -0.15) is 0 Å². The van der Waals surface area contributed by atoms with Gasteiger partial charge in [0.1, 0.15) is 4.21 Å². The van der Waals surface area contributed by atoms with E-state index in [2.05, 4.69) is 26.0 Å². The highest BCUT2D eigenvalue weighted by atomic mass is 79.9. The highest BCUT2D eigenvalue weighted by Gasteiger charge is 2.18. The van der Waals surface area contributed by atoms with Crippen LogP contribution in [0.1, 0.15) is 11.1 Å². The van der Waals surface area contributed by atoms with Crippen molar-refractivity contribution in [3.05, 3.63) is 45.2 Å². The number of halogens is 1. The van der Waals surface area contributed by atoms with Crippen LogP contribution in [0.4, 0.5) is 5.69 Å². The quantitative estimate of drug-likeness (QED) is 0.843. The minimum Gasteiger partial charge on any atom is -0.316 e. The Morgan fingerprint density at radius 2 is 2.05 bits per heavy atom. The van der Waals surface area contributed by atoms with Gasteiger partial charge in [-0.15, -0.1) is 11.3 Å². The zero-order valence-electron chi connectivity index (χ0n) is 11.1. The Labute approximate surface area is 131 Å². The van der Waals surface area contributed by atoms with Gasteiger partial charge in [-0.05, 0) is 64.6 Å². The van der Waals surface area contributed by atoms with E-state index in [1.54, 1.807) is 12.1 Å². The fraction of sp³-hybridized carbons (Fsp3) is 0.231. The Bertz CT molecular complexity index is 711. The number of hydrogen-bond donors (Lipinski definition) is 2. The summed E-state index contributed by atoms with van der Waals surface area (Å²) < 4.78 is 28.3. The van der Waals surface area contributed by atoms with Gasteiger partial charge >= 0.3 is 0 Å². The molecule has 0 radical (unpaired) electrons. The van der Waals surface area contributed by atoms with Gasteiger partial charge in [0.15, 0.2) is 0 Å². The van der Waals surface area contributed by atoms with Gasteiger partial charge in [0.2, 0.25) is 0 Å². The molecule has 2 aromatic rings. The summed E-state index contributed by atoms with van der Waals surface area (Å²) in [5, 5.41) is 4.84. The van der Waals surface area contributed by atoms with Crippen LogP contribution in [-0.4, -0.2) is 15.5 Å². The number of sulfonamides is 1. The van der Waals surface area contributed by atoms with Crippen LogP contribution in [0.3, 0.4) is 0 Å². The van der Waals surface area contributed by atoms with Crippen molar-refractivity contribution in [2.45, 2.75) is 17.7 Å². The molecule has 0 spiro atoms. The third kappa shape index (κ3) is 3.60. The van der Waals surface area contributed by atoms with Crippen molar-refractivity contribution in [3.63, 3.8) is 0 Å². The summed E-state index contributed by atoms with van der Waals surface area (Å²) in [6.07, 6.45) is 0. The van der Waals surface area contributed by atoms with Gasteiger partial charge in [0, 0.05) is 11.0 Å². The first-order valence-corrected chi connectivity index (χ1v) is 9.09. The van der Waals surface area contributed by atoms with E-state index in [1.807, 2.05) is 31.5 Å². The van der Waals surface area contributed by atoms with E-state index in [0.29, 0.717) is 16.4 Å². The van der Waals surface area contributed by atoms with E-state index < -0.39 is 10.0 Å². The maximum Gasteiger partial charge on any atom is 0.271 e. The van der Waals surface area contributed by atoms with E-state index in [4.69, 9.17) is 0 Å². The largest absolute Gasteiger partial charge is 0.316 e. The summed E-state index contributed by atoms with van der Waals surface area (Å²) in [5.74, 6) is 0. The summed E-state index contributed by atoms with van der Waals surface area (Å²) in [7, 11) is -1.71. The van der Waals surface area contributed by atoms with Crippen molar-refractivity contribution in [2.24, 2.45) is 0 Å². The lowest BCUT2D eigenvalue weighted by Crippen LogP contribution is -2.12. The average molecular weight is 375 g/mol. The van der Waals surface area contributed by atoms with Crippen molar-refractivity contribution in [1.29, 1.82) is 0 Å². The third-order valence-corrected chi connectivity index (χ3v) is 6.15. The minimum absolute atomic E-state index is 0.315. The van der Waals surface area contributed by atoms with Crippen LogP contribution in [-0.2, 0) is 16.6 Å². The van der Waals surface area contributed by atoms with Crippen LogP contribution in [0, 0.1) is 6.92 Å². The van der Waals surface area contributed by atoms with Crippen molar-refractivity contribution in [1.82, 2.24) is 5.32 Å². The molecular weight excluding hydrogens is 360 g/mol. The van der Waals surface area contributed by atoms with Gasteiger partial charge in [-0.3, -0.25) is 4.72 Å².